The summed E-state index contributed by atoms with van der Waals surface area (Å²) in [6.07, 6.45) is 0.998. The Morgan fingerprint density at radius 2 is 2.25 bits per heavy atom. The molecule has 3 N–H and O–H groups in total. The van der Waals surface area contributed by atoms with E-state index in [4.69, 9.17) is 10.5 Å². The van der Waals surface area contributed by atoms with Crippen molar-refractivity contribution in [2.45, 2.75) is 19.4 Å². The molecule has 4 heteroatoms. The summed E-state index contributed by atoms with van der Waals surface area (Å²) in [5.74, 6) is 0.866. The van der Waals surface area contributed by atoms with E-state index >= 15 is 0 Å². The molecular formula is C12H19BrN2O. The zero-order valence-corrected chi connectivity index (χ0v) is 11.4. The summed E-state index contributed by atoms with van der Waals surface area (Å²) in [6.45, 7) is 3.80. The van der Waals surface area contributed by atoms with Gasteiger partial charge in [-0.05, 0) is 60.1 Å². The van der Waals surface area contributed by atoms with Gasteiger partial charge in [0.1, 0.15) is 5.75 Å². The number of methoxy groups -OCH3 is 1. The molecule has 0 aromatic heterocycles. The van der Waals surface area contributed by atoms with E-state index in [-0.39, 0.29) is 0 Å². The average molecular weight is 287 g/mol. The summed E-state index contributed by atoms with van der Waals surface area (Å²) in [5, 5.41) is 3.42. The molecule has 0 radical (unpaired) electrons. The van der Waals surface area contributed by atoms with E-state index in [0.29, 0.717) is 6.04 Å². The predicted molar refractivity (Wildman–Crippen MR) is 70.8 cm³/mol. The highest BCUT2D eigenvalue weighted by atomic mass is 79.9. The van der Waals surface area contributed by atoms with E-state index in [1.165, 1.54) is 5.56 Å². The Bertz CT molecular complexity index is 331. The zero-order valence-electron chi connectivity index (χ0n) is 9.79. The maximum Gasteiger partial charge on any atom is 0.133 e. The molecular weight excluding hydrogens is 268 g/mol. The normalized spacial score (nSPS) is 12.5. The van der Waals surface area contributed by atoms with Gasteiger partial charge in [-0.1, -0.05) is 6.07 Å². The van der Waals surface area contributed by atoms with Crippen LogP contribution < -0.4 is 15.8 Å². The van der Waals surface area contributed by atoms with Crippen molar-refractivity contribution in [3.63, 3.8) is 0 Å². The monoisotopic (exact) mass is 286 g/mol. The maximum absolute atomic E-state index is 5.45. The highest BCUT2D eigenvalue weighted by Gasteiger charge is 2.07. The number of benzene rings is 1. The van der Waals surface area contributed by atoms with Crippen LogP contribution in [0.4, 0.5) is 0 Å². The molecule has 0 spiro atoms. The van der Waals surface area contributed by atoms with Crippen molar-refractivity contribution in [1.82, 2.24) is 5.32 Å². The van der Waals surface area contributed by atoms with Crippen molar-refractivity contribution < 1.29 is 4.74 Å². The van der Waals surface area contributed by atoms with Gasteiger partial charge in [0.2, 0.25) is 0 Å². The van der Waals surface area contributed by atoms with Crippen LogP contribution in [0.1, 0.15) is 24.9 Å². The van der Waals surface area contributed by atoms with Crippen LogP contribution in [0.5, 0.6) is 5.75 Å². The molecule has 16 heavy (non-hydrogen) atoms. The van der Waals surface area contributed by atoms with Crippen LogP contribution in [0.3, 0.4) is 0 Å². The Labute approximate surface area is 105 Å². The van der Waals surface area contributed by atoms with Gasteiger partial charge in [0.15, 0.2) is 0 Å². The lowest BCUT2D eigenvalue weighted by atomic mass is 10.1. The van der Waals surface area contributed by atoms with Gasteiger partial charge in [-0.3, -0.25) is 0 Å². The first kappa shape index (κ1) is 13.5. The number of ether oxygens (including phenoxy) is 1. The quantitative estimate of drug-likeness (QED) is 0.790. The fraction of sp³-hybridized carbons (Fsp3) is 0.500. The molecule has 90 valence electrons. The summed E-state index contributed by atoms with van der Waals surface area (Å²) in [6, 6.07) is 6.46. The minimum Gasteiger partial charge on any atom is -0.496 e. The topological polar surface area (TPSA) is 47.3 Å². The molecule has 0 aliphatic rings. The van der Waals surface area contributed by atoms with Crippen molar-refractivity contribution in [2.75, 3.05) is 20.2 Å². The zero-order chi connectivity index (χ0) is 12.0. The average Bonchev–Trinajstić information content (AvgIpc) is 2.30. The van der Waals surface area contributed by atoms with Crippen molar-refractivity contribution in [3.05, 3.63) is 28.2 Å². The van der Waals surface area contributed by atoms with Crippen LogP contribution in [-0.4, -0.2) is 20.2 Å². The second-order valence-corrected chi connectivity index (χ2v) is 4.57. The first-order chi connectivity index (χ1) is 7.69. The Balaban J connectivity index is 2.64. The van der Waals surface area contributed by atoms with Crippen molar-refractivity contribution in [1.29, 1.82) is 0 Å². The molecule has 0 bridgehead atoms. The standard InChI is InChI=1S/C12H19BrN2O/c1-9(15-7-3-6-14)10-4-5-11(13)12(8-10)16-2/h4-5,8-9,15H,3,6-7,14H2,1-2H3. The molecule has 0 amide bonds. The Morgan fingerprint density at radius 1 is 1.50 bits per heavy atom. The van der Waals surface area contributed by atoms with Gasteiger partial charge < -0.3 is 15.8 Å². The van der Waals surface area contributed by atoms with E-state index in [2.05, 4.69) is 34.2 Å². The summed E-state index contributed by atoms with van der Waals surface area (Å²) in [4.78, 5) is 0. The van der Waals surface area contributed by atoms with Crippen molar-refractivity contribution in [2.24, 2.45) is 5.73 Å². The maximum atomic E-state index is 5.45. The Morgan fingerprint density at radius 3 is 2.88 bits per heavy atom. The van der Waals surface area contributed by atoms with Crippen LogP contribution in [-0.2, 0) is 0 Å². The van der Waals surface area contributed by atoms with Gasteiger partial charge in [0.25, 0.3) is 0 Å². The van der Waals surface area contributed by atoms with E-state index in [0.717, 1.165) is 29.7 Å². The van der Waals surface area contributed by atoms with Crippen molar-refractivity contribution in [3.8, 4) is 5.75 Å². The van der Waals surface area contributed by atoms with E-state index in [1.54, 1.807) is 7.11 Å². The van der Waals surface area contributed by atoms with Gasteiger partial charge >= 0.3 is 0 Å². The highest BCUT2D eigenvalue weighted by Crippen LogP contribution is 2.27. The van der Waals surface area contributed by atoms with Crippen LogP contribution in [0.2, 0.25) is 0 Å². The van der Waals surface area contributed by atoms with Crippen molar-refractivity contribution >= 4 is 15.9 Å². The molecule has 1 rings (SSSR count). The highest BCUT2D eigenvalue weighted by molar-refractivity contribution is 9.10. The number of nitrogens with one attached hydrogen (secondary N) is 1. The van der Waals surface area contributed by atoms with Gasteiger partial charge in [-0.2, -0.15) is 0 Å². The fourth-order valence-corrected chi connectivity index (χ4v) is 1.89. The summed E-state index contributed by atoms with van der Waals surface area (Å²) >= 11 is 3.44. The predicted octanol–water partition coefficient (Wildman–Crippen LogP) is 2.46. The Kier molecular flexibility index (Phi) is 5.80. The van der Waals surface area contributed by atoms with E-state index in [1.807, 2.05) is 12.1 Å². The van der Waals surface area contributed by atoms with Crippen LogP contribution in [0.25, 0.3) is 0 Å². The largest absolute Gasteiger partial charge is 0.496 e. The number of hydrogen-bond donors (Lipinski definition) is 2. The molecule has 3 nitrogen and oxygen atoms in total. The lowest BCUT2D eigenvalue weighted by Gasteiger charge is -2.15. The number of hydrogen-bond acceptors (Lipinski definition) is 3. The van der Waals surface area contributed by atoms with E-state index in [9.17, 15) is 0 Å². The van der Waals surface area contributed by atoms with Crippen LogP contribution in [0, 0.1) is 0 Å². The van der Waals surface area contributed by atoms with Gasteiger partial charge in [0.05, 0.1) is 11.6 Å². The molecule has 0 aliphatic heterocycles. The summed E-state index contributed by atoms with van der Waals surface area (Å²) in [5.41, 5.74) is 6.67. The van der Waals surface area contributed by atoms with Gasteiger partial charge in [0, 0.05) is 6.04 Å². The minimum atomic E-state index is 0.313. The summed E-state index contributed by atoms with van der Waals surface area (Å²) < 4.78 is 6.25. The third kappa shape index (κ3) is 3.77. The molecule has 1 unspecified atom stereocenters. The van der Waals surface area contributed by atoms with E-state index < -0.39 is 0 Å². The molecule has 0 fully saturated rings. The second kappa shape index (κ2) is 6.89. The summed E-state index contributed by atoms with van der Waals surface area (Å²) in [7, 11) is 1.68. The first-order valence-electron chi connectivity index (χ1n) is 5.46. The minimum absolute atomic E-state index is 0.313. The van der Waals surface area contributed by atoms with Crippen LogP contribution in [0.15, 0.2) is 22.7 Å². The third-order valence-electron chi connectivity index (χ3n) is 2.51. The fourth-order valence-electron chi connectivity index (χ4n) is 1.48. The molecule has 1 aromatic carbocycles. The lowest BCUT2D eigenvalue weighted by molar-refractivity contribution is 0.410. The smallest absolute Gasteiger partial charge is 0.133 e. The van der Waals surface area contributed by atoms with Gasteiger partial charge in [-0.15, -0.1) is 0 Å². The number of halogens is 1. The molecule has 0 heterocycles. The van der Waals surface area contributed by atoms with Crippen LogP contribution >= 0.6 is 15.9 Å². The molecule has 0 aliphatic carbocycles. The molecule has 1 atom stereocenters. The lowest BCUT2D eigenvalue weighted by Crippen LogP contribution is -2.21. The Hall–Kier alpha value is -0.580. The molecule has 1 aromatic rings. The third-order valence-corrected chi connectivity index (χ3v) is 3.16. The van der Waals surface area contributed by atoms with Gasteiger partial charge in [-0.25, -0.2) is 0 Å². The number of rotatable bonds is 6. The second-order valence-electron chi connectivity index (χ2n) is 3.71. The number of nitrogens with two attached hydrogens (primary N) is 1. The SMILES string of the molecule is COc1cc(C(C)NCCCN)ccc1Br. The first-order valence-corrected chi connectivity index (χ1v) is 6.25. The molecule has 0 saturated heterocycles. The molecule has 0 saturated carbocycles.